The number of amides is 2. The Balaban J connectivity index is 1.48. The molecule has 0 saturated heterocycles. The fourth-order valence-electron chi connectivity index (χ4n) is 3.66. The number of carbonyl (C=O) groups is 2. The van der Waals surface area contributed by atoms with Crippen molar-refractivity contribution in [3.8, 4) is 0 Å². The van der Waals surface area contributed by atoms with E-state index in [0.29, 0.717) is 12.1 Å². The van der Waals surface area contributed by atoms with E-state index in [4.69, 9.17) is 4.98 Å². The van der Waals surface area contributed by atoms with Gasteiger partial charge in [0.25, 0.3) is 5.91 Å². The summed E-state index contributed by atoms with van der Waals surface area (Å²) in [4.78, 5) is 31.5. The number of aromatic nitrogens is 1. The van der Waals surface area contributed by atoms with E-state index in [9.17, 15) is 9.59 Å². The summed E-state index contributed by atoms with van der Waals surface area (Å²) in [5, 5.41) is 7.07. The van der Waals surface area contributed by atoms with Crippen molar-refractivity contribution in [3.05, 3.63) is 51.0 Å². The van der Waals surface area contributed by atoms with Gasteiger partial charge in [0.15, 0.2) is 0 Å². The molecule has 1 aromatic heterocycles. The maximum atomic E-state index is 12.7. The van der Waals surface area contributed by atoms with Crippen LogP contribution in [0.3, 0.4) is 0 Å². The molecule has 2 aromatic rings. The Morgan fingerprint density at radius 3 is 2.66 bits per heavy atom. The number of nitrogens with one attached hydrogen (secondary N) is 2. The van der Waals surface area contributed by atoms with Crippen LogP contribution in [0.25, 0.3) is 0 Å². The first-order valence-corrected chi connectivity index (χ1v) is 11.4. The maximum Gasteiger partial charge on any atom is 0.252 e. The second-order valence-corrected chi connectivity index (χ2v) is 9.26. The molecule has 0 fully saturated rings. The molecule has 0 saturated carbocycles. The van der Waals surface area contributed by atoms with Gasteiger partial charge >= 0.3 is 0 Å². The third kappa shape index (κ3) is 5.66. The Morgan fingerprint density at radius 1 is 1.17 bits per heavy atom. The van der Waals surface area contributed by atoms with Gasteiger partial charge in [-0.05, 0) is 56.6 Å². The lowest BCUT2D eigenvalue weighted by atomic mass is 10.0. The summed E-state index contributed by atoms with van der Waals surface area (Å²) < 4.78 is 0. The fourth-order valence-corrected chi connectivity index (χ4v) is 4.85. The van der Waals surface area contributed by atoms with Gasteiger partial charge in [0.2, 0.25) is 5.91 Å². The summed E-state index contributed by atoms with van der Waals surface area (Å²) in [6, 6.07) is 6.87. The molecule has 6 heteroatoms. The molecular weight excluding hydrogens is 382 g/mol. The van der Waals surface area contributed by atoms with Crippen LogP contribution in [-0.2, 0) is 24.1 Å². The van der Waals surface area contributed by atoms with E-state index in [1.54, 1.807) is 6.07 Å². The van der Waals surface area contributed by atoms with E-state index >= 15 is 0 Å². The van der Waals surface area contributed by atoms with E-state index < -0.39 is 6.04 Å². The average Bonchev–Trinajstić information content (AvgIpc) is 3.12. The van der Waals surface area contributed by atoms with Crippen LogP contribution in [0.1, 0.15) is 64.6 Å². The van der Waals surface area contributed by atoms with Crippen molar-refractivity contribution in [1.82, 2.24) is 15.6 Å². The van der Waals surface area contributed by atoms with E-state index in [0.717, 1.165) is 24.8 Å². The first kappa shape index (κ1) is 21.5. The summed E-state index contributed by atoms with van der Waals surface area (Å²) >= 11 is 1.83. The second-order valence-electron chi connectivity index (χ2n) is 8.09. The molecule has 1 aromatic carbocycles. The molecule has 0 spiro atoms. The number of rotatable bonds is 8. The van der Waals surface area contributed by atoms with Gasteiger partial charge < -0.3 is 10.6 Å². The lowest BCUT2D eigenvalue weighted by molar-refractivity contribution is -0.123. The third-order valence-electron chi connectivity index (χ3n) is 5.38. The fraction of sp³-hybridized carbons (Fsp3) is 0.522. The maximum absolute atomic E-state index is 12.7. The molecule has 2 N–H and O–H groups in total. The highest BCUT2D eigenvalue weighted by atomic mass is 32.1. The molecular formula is C23H31N3O2S. The summed E-state index contributed by atoms with van der Waals surface area (Å²) in [6.45, 7) is 6.38. The highest BCUT2D eigenvalue weighted by Gasteiger charge is 2.25. The van der Waals surface area contributed by atoms with Crippen LogP contribution >= 0.6 is 11.3 Å². The van der Waals surface area contributed by atoms with E-state index in [1.807, 2.05) is 50.3 Å². The van der Waals surface area contributed by atoms with Gasteiger partial charge in [-0.25, -0.2) is 4.98 Å². The molecule has 3 rings (SSSR count). The highest BCUT2D eigenvalue weighted by molar-refractivity contribution is 7.11. The van der Waals surface area contributed by atoms with Gasteiger partial charge in [0.1, 0.15) is 6.04 Å². The molecule has 0 radical (unpaired) electrons. The van der Waals surface area contributed by atoms with Gasteiger partial charge in [-0.2, -0.15) is 0 Å². The largest absolute Gasteiger partial charge is 0.354 e. The van der Waals surface area contributed by atoms with Crippen LogP contribution in [0.4, 0.5) is 0 Å². The van der Waals surface area contributed by atoms with Gasteiger partial charge in [-0.3, -0.25) is 9.59 Å². The van der Waals surface area contributed by atoms with Crippen molar-refractivity contribution in [1.29, 1.82) is 0 Å². The van der Waals surface area contributed by atoms with E-state index in [2.05, 4.69) is 10.6 Å². The van der Waals surface area contributed by atoms with E-state index in [1.165, 1.54) is 34.8 Å². The van der Waals surface area contributed by atoms with Gasteiger partial charge in [-0.15, -0.1) is 11.3 Å². The van der Waals surface area contributed by atoms with Crippen molar-refractivity contribution in [2.45, 2.75) is 65.3 Å². The molecule has 1 atom stereocenters. The van der Waals surface area contributed by atoms with Crippen LogP contribution < -0.4 is 10.6 Å². The Morgan fingerprint density at radius 2 is 1.93 bits per heavy atom. The molecule has 5 nitrogen and oxygen atoms in total. The average molecular weight is 414 g/mol. The zero-order chi connectivity index (χ0) is 20.8. The Kier molecular flexibility index (Phi) is 7.42. The van der Waals surface area contributed by atoms with Crippen LogP contribution in [0, 0.1) is 12.8 Å². The number of hydrogen-bond acceptors (Lipinski definition) is 4. The topological polar surface area (TPSA) is 71.1 Å². The van der Waals surface area contributed by atoms with Crippen LogP contribution in [0.15, 0.2) is 24.3 Å². The minimum Gasteiger partial charge on any atom is -0.354 e. The molecule has 0 aliphatic heterocycles. The molecule has 1 unspecified atom stereocenters. The monoisotopic (exact) mass is 413 g/mol. The number of benzene rings is 1. The quantitative estimate of drug-likeness (QED) is 0.646. The number of fused-ring (bicyclic) bond motifs is 1. The number of aryl methyl sites for hydroxylation is 4. The Bertz CT molecular complexity index is 836. The van der Waals surface area contributed by atoms with Crippen molar-refractivity contribution < 1.29 is 9.59 Å². The van der Waals surface area contributed by atoms with Crippen LogP contribution in [-0.4, -0.2) is 29.4 Å². The lowest BCUT2D eigenvalue weighted by Crippen LogP contribution is -2.50. The standard InChI is InChI=1S/C23H31N3O2S/c1-15(2)21(26-22(27)17-10-5-4-9-16(17)3)23(28)24-14-8-13-20-25-18-11-6-7-12-19(18)29-20/h4-5,9-10,15,21H,6-8,11-14H2,1-3H3,(H,24,28)(H,26,27). The SMILES string of the molecule is Cc1ccccc1C(=O)NC(C(=O)NCCCc1nc2c(s1)CCCC2)C(C)C. The Hall–Kier alpha value is -2.21. The Labute approximate surface area is 177 Å². The van der Waals surface area contributed by atoms with Crippen LogP contribution in [0.5, 0.6) is 0 Å². The van der Waals surface area contributed by atoms with Crippen molar-refractivity contribution >= 4 is 23.2 Å². The third-order valence-corrected chi connectivity index (χ3v) is 6.60. The lowest BCUT2D eigenvalue weighted by Gasteiger charge is -2.22. The number of hydrogen-bond donors (Lipinski definition) is 2. The first-order chi connectivity index (χ1) is 14.0. The molecule has 2 amide bonds. The van der Waals surface area contributed by atoms with Gasteiger partial charge in [-0.1, -0.05) is 32.0 Å². The zero-order valence-corrected chi connectivity index (χ0v) is 18.4. The summed E-state index contributed by atoms with van der Waals surface area (Å²) in [7, 11) is 0. The zero-order valence-electron chi connectivity index (χ0n) is 17.6. The van der Waals surface area contributed by atoms with Gasteiger partial charge in [0.05, 0.1) is 10.7 Å². The molecule has 1 aliphatic carbocycles. The molecule has 1 heterocycles. The molecule has 156 valence electrons. The summed E-state index contributed by atoms with van der Waals surface area (Å²) in [5.74, 6) is -0.320. The number of nitrogens with zero attached hydrogens (tertiary/aromatic N) is 1. The molecule has 29 heavy (non-hydrogen) atoms. The van der Waals surface area contributed by atoms with Crippen molar-refractivity contribution in [2.24, 2.45) is 5.92 Å². The van der Waals surface area contributed by atoms with E-state index in [-0.39, 0.29) is 17.7 Å². The molecule has 1 aliphatic rings. The van der Waals surface area contributed by atoms with Gasteiger partial charge in [0, 0.05) is 23.4 Å². The smallest absolute Gasteiger partial charge is 0.252 e. The number of carbonyl (C=O) groups excluding carboxylic acids is 2. The number of thiazole rings is 1. The minimum absolute atomic E-state index is 0.00801. The second kappa shape index (κ2) is 10.0. The predicted octanol–water partition coefficient (Wildman–Crippen LogP) is 3.83. The van der Waals surface area contributed by atoms with Crippen LogP contribution in [0.2, 0.25) is 0 Å². The summed E-state index contributed by atoms with van der Waals surface area (Å²) in [5.41, 5.74) is 2.80. The summed E-state index contributed by atoms with van der Waals surface area (Å²) in [6.07, 6.45) is 6.54. The van der Waals surface area contributed by atoms with Crippen molar-refractivity contribution in [2.75, 3.05) is 6.54 Å². The molecule has 0 bridgehead atoms. The minimum atomic E-state index is -0.547. The predicted molar refractivity (Wildman–Crippen MR) is 117 cm³/mol. The normalized spacial score (nSPS) is 14.3. The van der Waals surface area contributed by atoms with Crippen molar-refractivity contribution in [3.63, 3.8) is 0 Å². The first-order valence-electron chi connectivity index (χ1n) is 10.6. The highest BCUT2D eigenvalue weighted by Crippen LogP contribution is 2.27.